The molecule has 1 aliphatic carbocycles. The lowest BCUT2D eigenvalue weighted by atomic mass is 9.81. The number of aromatic nitrogens is 2. The molecule has 0 amide bonds. The van der Waals surface area contributed by atoms with E-state index >= 15 is 0 Å². The second-order valence-corrected chi connectivity index (χ2v) is 9.44. The molecule has 0 unspecified atom stereocenters. The Morgan fingerprint density at radius 1 is 0.765 bits per heavy atom. The summed E-state index contributed by atoms with van der Waals surface area (Å²) in [6.45, 7) is 0. The van der Waals surface area contributed by atoms with Crippen LogP contribution >= 0.6 is 23.2 Å². The first-order valence-electron chi connectivity index (χ1n) is 11.5. The number of anilines is 1. The molecule has 2 aromatic heterocycles. The van der Waals surface area contributed by atoms with Crippen LogP contribution in [0.4, 0.5) is 10.2 Å². The Labute approximate surface area is 209 Å². The number of nitrogens with zero attached hydrogens (tertiary/aromatic N) is 2. The predicted molar refractivity (Wildman–Crippen MR) is 138 cm³/mol. The summed E-state index contributed by atoms with van der Waals surface area (Å²) in [6, 6.07) is 22.8. The van der Waals surface area contributed by atoms with E-state index in [-0.39, 0.29) is 11.6 Å². The predicted octanol–water partition coefficient (Wildman–Crippen LogP) is 8.39. The quantitative estimate of drug-likeness (QED) is 0.304. The van der Waals surface area contributed by atoms with E-state index in [9.17, 15) is 4.39 Å². The van der Waals surface area contributed by atoms with Gasteiger partial charge in [0.15, 0.2) is 0 Å². The van der Waals surface area contributed by atoms with Gasteiger partial charge in [-0.3, -0.25) is 4.98 Å². The maximum absolute atomic E-state index is 14.9. The van der Waals surface area contributed by atoms with Crippen LogP contribution in [0.15, 0.2) is 79.0 Å². The van der Waals surface area contributed by atoms with Crippen molar-refractivity contribution >= 4 is 29.0 Å². The number of halogens is 3. The first-order valence-corrected chi connectivity index (χ1v) is 12.2. The molecular formula is C28H24Cl2FN3. The van der Waals surface area contributed by atoms with Gasteiger partial charge in [0.25, 0.3) is 0 Å². The average molecular weight is 492 g/mol. The van der Waals surface area contributed by atoms with Crippen molar-refractivity contribution in [3.05, 3.63) is 100 Å². The molecule has 172 valence electrons. The van der Waals surface area contributed by atoms with Crippen molar-refractivity contribution in [2.45, 2.75) is 37.6 Å². The van der Waals surface area contributed by atoms with Crippen LogP contribution in [-0.2, 0) is 0 Å². The zero-order valence-corrected chi connectivity index (χ0v) is 20.0. The molecule has 5 rings (SSSR count). The Morgan fingerprint density at radius 3 is 2.24 bits per heavy atom. The van der Waals surface area contributed by atoms with E-state index in [2.05, 4.69) is 40.6 Å². The monoisotopic (exact) mass is 491 g/mol. The summed E-state index contributed by atoms with van der Waals surface area (Å²) in [7, 11) is 0. The Balaban J connectivity index is 1.49. The minimum atomic E-state index is -0.433. The summed E-state index contributed by atoms with van der Waals surface area (Å²) in [4.78, 5) is 9.26. The van der Waals surface area contributed by atoms with Gasteiger partial charge in [0.05, 0.1) is 21.4 Å². The molecule has 1 fully saturated rings. The summed E-state index contributed by atoms with van der Waals surface area (Å²) in [5.41, 5.74) is 3.45. The minimum Gasteiger partial charge on any atom is -0.367 e. The molecule has 1 N–H and O–H groups in total. The fourth-order valence-electron chi connectivity index (χ4n) is 4.73. The normalized spacial score (nSPS) is 18.0. The van der Waals surface area contributed by atoms with Gasteiger partial charge in [0.1, 0.15) is 11.6 Å². The fraction of sp³-hybridized carbons (Fsp3) is 0.214. The second-order valence-electron chi connectivity index (χ2n) is 8.63. The molecule has 34 heavy (non-hydrogen) atoms. The third kappa shape index (κ3) is 4.79. The summed E-state index contributed by atoms with van der Waals surface area (Å²) in [5.74, 6) is 0.650. The minimum absolute atomic E-state index is 0.201. The maximum atomic E-state index is 14.9. The number of hydrogen-bond acceptors (Lipinski definition) is 3. The SMILES string of the molecule is Fc1cccc(Cl)c1-c1c(Cl)cc(-c2ccccn2)nc1NC1CCC(c2ccccc2)CC1. The van der Waals surface area contributed by atoms with Crippen molar-refractivity contribution in [3.8, 4) is 22.5 Å². The fourth-order valence-corrected chi connectivity index (χ4v) is 5.27. The molecule has 2 heterocycles. The average Bonchev–Trinajstić information content (AvgIpc) is 2.87. The lowest BCUT2D eigenvalue weighted by Gasteiger charge is -2.30. The van der Waals surface area contributed by atoms with Crippen LogP contribution in [0.1, 0.15) is 37.2 Å². The van der Waals surface area contributed by atoms with E-state index < -0.39 is 5.82 Å². The molecule has 2 aromatic carbocycles. The van der Waals surface area contributed by atoms with Crippen molar-refractivity contribution in [1.82, 2.24) is 9.97 Å². The van der Waals surface area contributed by atoms with Crippen molar-refractivity contribution in [2.75, 3.05) is 5.32 Å². The van der Waals surface area contributed by atoms with E-state index in [1.165, 1.54) is 11.6 Å². The Bertz CT molecular complexity index is 1250. The van der Waals surface area contributed by atoms with Gasteiger partial charge in [-0.25, -0.2) is 9.37 Å². The molecular weight excluding hydrogens is 468 g/mol. The van der Waals surface area contributed by atoms with Crippen LogP contribution < -0.4 is 5.32 Å². The molecule has 0 atom stereocenters. The third-order valence-corrected chi connectivity index (χ3v) is 7.06. The van der Waals surface area contributed by atoms with E-state index in [0.717, 1.165) is 25.7 Å². The zero-order valence-electron chi connectivity index (χ0n) is 18.5. The number of pyridine rings is 2. The lowest BCUT2D eigenvalue weighted by Crippen LogP contribution is -2.26. The van der Waals surface area contributed by atoms with Gasteiger partial charge in [-0.05, 0) is 67.5 Å². The molecule has 0 bridgehead atoms. The van der Waals surface area contributed by atoms with E-state index in [1.54, 1.807) is 24.4 Å². The van der Waals surface area contributed by atoms with Gasteiger partial charge in [-0.15, -0.1) is 0 Å². The Morgan fingerprint density at radius 2 is 1.53 bits per heavy atom. The summed E-state index contributed by atoms with van der Waals surface area (Å²) >= 11 is 13.2. The van der Waals surface area contributed by atoms with Crippen LogP contribution in [0, 0.1) is 5.82 Å². The second kappa shape index (κ2) is 10.1. The van der Waals surface area contributed by atoms with Gasteiger partial charge < -0.3 is 5.32 Å². The number of benzene rings is 2. The largest absolute Gasteiger partial charge is 0.367 e. The zero-order chi connectivity index (χ0) is 23.5. The molecule has 1 aliphatic rings. The van der Waals surface area contributed by atoms with E-state index in [0.29, 0.717) is 38.7 Å². The molecule has 0 radical (unpaired) electrons. The van der Waals surface area contributed by atoms with Crippen molar-refractivity contribution in [1.29, 1.82) is 0 Å². The Kier molecular flexibility index (Phi) is 6.80. The molecule has 0 aliphatic heterocycles. The molecule has 6 heteroatoms. The molecule has 0 spiro atoms. The highest BCUT2D eigenvalue weighted by Gasteiger charge is 2.26. The molecule has 0 saturated heterocycles. The van der Waals surface area contributed by atoms with Crippen LogP contribution in [0.2, 0.25) is 10.0 Å². The Hall–Kier alpha value is -2.95. The molecule has 4 aromatic rings. The van der Waals surface area contributed by atoms with Gasteiger partial charge in [0, 0.05) is 23.4 Å². The van der Waals surface area contributed by atoms with Gasteiger partial charge in [0.2, 0.25) is 0 Å². The van der Waals surface area contributed by atoms with Crippen LogP contribution in [-0.4, -0.2) is 16.0 Å². The summed E-state index contributed by atoms with van der Waals surface area (Å²) < 4.78 is 14.9. The van der Waals surface area contributed by atoms with Crippen molar-refractivity contribution in [3.63, 3.8) is 0 Å². The lowest BCUT2D eigenvalue weighted by molar-refractivity contribution is 0.412. The van der Waals surface area contributed by atoms with E-state index in [1.807, 2.05) is 18.2 Å². The van der Waals surface area contributed by atoms with Crippen LogP contribution in [0.25, 0.3) is 22.5 Å². The highest BCUT2D eigenvalue weighted by atomic mass is 35.5. The number of rotatable bonds is 5. The van der Waals surface area contributed by atoms with Crippen LogP contribution in [0.3, 0.4) is 0 Å². The van der Waals surface area contributed by atoms with Gasteiger partial charge in [-0.1, -0.05) is 65.7 Å². The summed E-state index contributed by atoms with van der Waals surface area (Å²) in [6.07, 6.45) is 5.83. The van der Waals surface area contributed by atoms with Gasteiger partial charge >= 0.3 is 0 Å². The van der Waals surface area contributed by atoms with Crippen molar-refractivity contribution < 1.29 is 4.39 Å². The smallest absolute Gasteiger partial charge is 0.136 e. The standard InChI is InChI=1S/C28H24Cl2FN3/c29-21-9-6-10-23(31)26(21)27-22(30)17-25(24-11-4-5-16-32-24)34-28(27)33-20-14-12-19(13-15-20)18-7-2-1-3-8-18/h1-11,16-17,19-20H,12-15H2,(H,33,34). The maximum Gasteiger partial charge on any atom is 0.136 e. The first-order chi connectivity index (χ1) is 16.6. The molecule has 1 saturated carbocycles. The topological polar surface area (TPSA) is 37.8 Å². The van der Waals surface area contributed by atoms with E-state index in [4.69, 9.17) is 28.2 Å². The third-order valence-electron chi connectivity index (χ3n) is 6.45. The number of nitrogens with one attached hydrogen (secondary N) is 1. The molecule has 3 nitrogen and oxygen atoms in total. The van der Waals surface area contributed by atoms with Crippen molar-refractivity contribution in [2.24, 2.45) is 0 Å². The number of hydrogen-bond donors (Lipinski definition) is 1. The van der Waals surface area contributed by atoms with Crippen LogP contribution in [0.5, 0.6) is 0 Å². The highest BCUT2D eigenvalue weighted by molar-refractivity contribution is 6.37. The van der Waals surface area contributed by atoms with Gasteiger partial charge in [-0.2, -0.15) is 0 Å². The highest BCUT2D eigenvalue weighted by Crippen LogP contribution is 2.42. The summed E-state index contributed by atoms with van der Waals surface area (Å²) in [5, 5.41) is 4.25. The first kappa shape index (κ1) is 22.8.